The van der Waals surface area contributed by atoms with Crippen LogP contribution in [0.15, 0.2) is 65.9 Å². The largest absolute Gasteiger partial charge is 0.350 e. The second-order valence-corrected chi connectivity index (χ2v) is 7.61. The van der Waals surface area contributed by atoms with Gasteiger partial charge in [0.25, 0.3) is 11.8 Å². The second kappa shape index (κ2) is 7.40. The minimum Gasteiger partial charge on any atom is -0.350 e. The van der Waals surface area contributed by atoms with Crippen molar-refractivity contribution in [2.45, 2.75) is 20.4 Å². The van der Waals surface area contributed by atoms with Crippen LogP contribution in [0.2, 0.25) is 0 Å². The fourth-order valence-corrected chi connectivity index (χ4v) is 3.95. The van der Waals surface area contributed by atoms with Crippen molar-refractivity contribution in [2.24, 2.45) is 0 Å². The monoisotopic (exact) mass is 389 g/mol. The molecule has 0 radical (unpaired) electrons. The number of aromatic nitrogens is 1. The molecule has 0 bridgehead atoms. The van der Waals surface area contributed by atoms with Crippen molar-refractivity contribution in [1.82, 2.24) is 9.88 Å². The lowest BCUT2D eigenvalue weighted by Gasteiger charge is -2.16. The van der Waals surface area contributed by atoms with Gasteiger partial charge < -0.3 is 5.32 Å². The fourth-order valence-electron chi connectivity index (χ4n) is 3.18. The van der Waals surface area contributed by atoms with E-state index in [0.29, 0.717) is 11.3 Å². The van der Waals surface area contributed by atoms with Crippen LogP contribution < -0.4 is 5.32 Å². The number of benzene rings is 1. The first-order valence-electron chi connectivity index (χ1n) is 8.92. The maximum Gasteiger partial charge on any atom is 0.278 e. The molecule has 2 amide bonds. The first-order chi connectivity index (χ1) is 13.6. The van der Waals surface area contributed by atoms with E-state index < -0.39 is 0 Å². The summed E-state index contributed by atoms with van der Waals surface area (Å²) in [6.45, 7) is 4.21. The number of amides is 2. The van der Waals surface area contributed by atoms with E-state index in [9.17, 15) is 9.59 Å². The van der Waals surface area contributed by atoms with Crippen LogP contribution in [0.3, 0.4) is 0 Å². The molecular formula is C22H19N3O2S. The van der Waals surface area contributed by atoms with Gasteiger partial charge in [0.05, 0.1) is 12.1 Å². The topological polar surface area (TPSA) is 62.3 Å². The molecule has 0 aliphatic carbocycles. The van der Waals surface area contributed by atoms with Gasteiger partial charge in [-0.3, -0.25) is 19.5 Å². The Hall–Kier alpha value is -3.25. The van der Waals surface area contributed by atoms with Crippen LogP contribution in [-0.4, -0.2) is 21.7 Å². The van der Waals surface area contributed by atoms with Crippen LogP contribution in [0.5, 0.6) is 0 Å². The van der Waals surface area contributed by atoms with Crippen LogP contribution >= 0.6 is 11.3 Å². The predicted octanol–water partition coefficient (Wildman–Crippen LogP) is 4.15. The highest BCUT2D eigenvalue weighted by Gasteiger charge is 2.39. The molecule has 0 spiro atoms. The number of nitrogens with zero attached hydrogens (tertiary/aromatic N) is 2. The predicted molar refractivity (Wildman–Crippen MR) is 111 cm³/mol. The summed E-state index contributed by atoms with van der Waals surface area (Å²) in [7, 11) is 0. The van der Waals surface area contributed by atoms with E-state index in [2.05, 4.69) is 10.3 Å². The fraction of sp³-hybridized carbons (Fsp3) is 0.136. The van der Waals surface area contributed by atoms with Crippen molar-refractivity contribution in [3.05, 3.63) is 87.5 Å². The summed E-state index contributed by atoms with van der Waals surface area (Å²) >= 11 is 1.45. The number of hydrogen-bond acceptors (Lipinski definition) is 5. The maximum absolute atomic E-state index is 13.2. The zero-order chi connectivity index (χ0) is 19.7. The Morgan fingerprint density at radius 2 is 1.89 bits per heavy atom. The van der Waals surface area contributed by atoms with Crippen LogP contribution in [0.4, 0.5) is 5.69 Å². The van der Waals surface area contributed by atoms with Crippen molar-refractivity contribution < 1.29 is 9.59 Å². The number of hydrogen-bond donors (Lipinski definition) is 1. The standard InChI is InChI=1S/C22H19N3O2S/c1-14-6-3-8-17(15(14)2)24-20-19(18-9-5-11-28-18)21(26)25(22(20)27)13-16-7-4-10-23-12-16/h3-12,24H,13H2,1-2H3. The number of carbonyl (C=O) groups is 2. The molecule has 0 saturated heterocycles. The number of anilines is 1. The third kappa shape index (κ3) is 3.23. The van der Waals surface area contributed by atoms with Crippen molar-refractivity contribution >= 4 is 34.4 Å². The molecule has 0 atom stereocenters. The van der Waals surface area contributed by atoms with Gasteiger partial charge in [0.2, 0.25) is 0 Å². The number of imide groups is 1. The van der Waals surface area contributed by atoms with Crippen molar-refractivity contribution in [2.75, 3.05) is 5.32 Å². The molecule has 5 nitrogen and oxygen atoms in total. The molecule has 3 heterocycles. The molecule has 140 valence electrons. The van der Waals surface area contributed by atoms with E-state index in [1.807, 2.05) is 55.6 Å². The van der Waals surface area contributed by atoms with E-state index >= 15 is 0 Å². The summed E-state index contributed by atoms with van der Waals surface area (Å²) in [5.41, 5.74) is 4.55. The number of nitrogens with one attached hydrogen (secondary N) is 1. The molecule has 1 aromatic carbocycles. The van der Waals surface area contributed by atoms with Gasteiger partial charge in [0.1, 0.15) is 5.70 Å². The highest BCUT2D eigenvalue weighted by Crippen LogP contribution is 2.34. The van der Waals surface area contributed by atoms with Gasteiger partial charge >= 0.3 is 0 Å². The molecule has 6 heteroatoms. The van der Waals surface area contributed by atoms with Gasteiger partial charge in [-0.25, -0.2) is 0 Å². The number of pyridine rings is 1. The van der Waals surface area contributed by atoms with Gasteiger partial charge in [-0.1, -0.05) is 24.3 Å². The van der Waals surface area contributed by atoms with Crippen molar-refractivity contribution in [1.29, 1.82) is 0 Å². The summed E-state index contributed by atoms with van der Waals surface area (Å²) < 4.78 is 0. The van der Waals surface area contributed by atoms with Crippen LogP contribution in [-0.2, 0) is 16.1 Å². The van der Waals surface area contributed by atoms with Crippen LogP contribution in [0.25, 0.3) is 5.57 Å². The number of carbonyl (C=O) groups excluding carboxylic acids is 2. The van der Waals surface area contributed by atoms with Gasteiger partial charge in [0.15, 0.2) is 0 Å². The van der Waals surface area contributed by atoms with Gasteiger partial charge in [-0.2, -0.15) is 0 Å². The molecule has 0 unspecified atom stereocenters. The normalized spacial score (nSPS) is 14.1. The molecule has 2 aromatic heterocycles. The zero-order valence-electron chi connectivity index (χ0n) is 15.6. The summed E-state index contributed by atoms with van der Waals surface area (Å²) in [6.07, 6.45) is 3.33. The van der Waals surface area contributed by atoms with Gasteiger partial charge in [-0.05, 0) is 54.1 Å². The number of rotatable bonds is 5. The molecule has 28 heavy (non-hydrogen) atoms. The molecule has 3 aromatic rings. The molecule has 0 saturated carbocycles. The van der Waals surface area contributed by atoms with Crippen LogP contribution in [0, 0.1) is 13.8 Å². The zero-order valence-corrected chi connectivity index (χ0v) is 16.4. The summed E-state index contributed by atoms with van der Waals surface area (Å²) in [6, 6.07) is 13.3. The highest BCUT2D eigenvalue weighted by molar-refractivity contribution is 7.11. The summed E-state index contributed by atoms with van der Waals surface area (Å²) in [5, 5.41) is 5.15. The quantitative estimate of drug-likeness (QED) is 0.666. The van der Waals surface area contributed by atoms with Crippen LogP contribution in [0.1, 0.15) is 21.6 Å². The Labute approximate surface area is 167 Å². The molecule has 1 N–H and O–H groups in total. The molecular weight excluding hydrogens is 370 g/mol. The smallest absolute Gasteiger partial charge is 0.278 e. The minimum atomic E-state index is -0.321. The maximum atomic E-state index is 13.2. The first kappa shape index (κ1) is 18.1. The van der Waals surface area contributed by atoms with E-state index in [-0.39, 0.29) is 18.4 Å². The lowest BCUT2D eigenvalue weighted by Crippen LogP contribution is -2.32. The Morgan fingerprint density at radius 1 is 1.04 bits per heavy atom. The highest BCUT2D eigenvalue weighted by atomic mass is 32.1. The Balaban J connectivity index is 1.74. The third-order valence-electron chi connectivity index (χ3n) is 4.86. The van der Waals surface area contributed by atoms with E-state index in [1.54, 1.807) is 18.5 Å². The molecule has 1 aliphatic rings. The van der Waals surface area contributed by atoms with E-state index in [1.165, 1.54) is 16.2 Å². The van der Waals surface area contributed by atoms with Crippen molar-refractivity contribution in [3.8, 4) is 0 Å². The molecule has 4 rings (SSSR count). The number of thiophene rings is 1. The average molecular weight is 389 g/mol. The Bertz CT molecular complexity index is 1070. The lowest BCUT2D eigenvalue weighted by atomic mass is 10.1. The van der Waals surface area contributed by atoms with E-state index in [0.717, 1.165) is 27.3 Å². The molecule has 1 aliphatic heterocycles. The lowest BCUT2D eigenvalue weighted by molar-refractivity contribution is -0.137. The summed E-state index contributed by atoms with van der Waals surface area (Å²) in [4.78, 5) is 32.5. The number of aryl methyl sites for hydroxylation is 1. The third-order valence-corrected chi connectivity index (χ3v) is 5.75. The van der Waals surface area contributed by atoms with Gasteiger partial charge in [0, 0.05) is 23.0 Å². The van der Waals surface area contributed by atoms with Crippen molar-refractivity contribution in [3.63, 3.8) is 0 Å². The average Bonchev–Trinajstić information content (AvgIpc) is 3.29. The first-order valence-corrected chi connectivity index (χ1v) is 9.80. The Morgan fingerprint density at radius 3 is 2.61 bits per heavy atom. The molecule has 0 fully saturated rings. The SMILES string of the molecule is Cc1cccc(NC2=C(c3cccs3)C(=O)N(Cc3cccnc3)C2=O)c1C. The Kier molecular flexibility index (Phi) is 4.79. The second-order valence-electron chi connectivity index (χ2n) is 6.66. The van der Waals surface area contributed by atoms with Gasteiger partial charge in [-0.15, -0.1) is 11.3 Å². The summed E-state index contributed by atoms with van der Waals surface area (Å²) in [5.74, 6) is -0.609. The van der Waals surface area contributed by atoms with E-state index in [4.69, 9.17) is 0 Å². The minimum absolute atomic E-state index is 0.193.